The predicted molar refractivity (Wildman–Crippen MR) is 57.6 cm³/mol. The highest BCUT2D eigenvalue weighted by atomic mass is 79.9. The van der Waals surface area contributed by atoms with E-state index in [1.54, 1.807) is 6.07 Å². The van der Waals surface area contributed by atoms with E-state index in [9.17, 15) is 4.79 Å². The minimum Gasteiger partial charge on any atom is -0.481 e. The molecule has 0 amide bonds. The molecular weight excluding hydrogens is 267 g/mol. The van der Waals surface area contributed by atoms with Crippen molar-refractivity contribution in [2.45, 2.75) is 12.3 Å². The van der Waals surface area contributed by atoms with Crippen LogP contribution in [0.2, 0.25) is 5.02 Å². The standard InChI is InChI=1S/C10H8BrClO2/c11-6-1-5(2-7(12)3-6)8-4-9(8)10(13)14/h1-3,8-9H,4H2,(H,13,14)/t8?,9-/m0/s1. The van der Waals surface area contributed by atoms with Gasteiger partial charge in [0.25, 0.3) is 0 Å². The van der Waals surface area contributed by atoms with Gasteiger partial charge >= 0.3 is 5.97 Å². The first kappa shape index (κ1) is 9.99. The fourth-order valence-corrected chi connectivity index (χ4v) is 2.51. The molecule has 1 aliphatic carbocycles. The van der Waals surface area contributed by atoms with Crippen molar-refractivity contribution in [2.24, 2.45) is 5.92 Å². The van der Waals surface area contributed by atoms with E-state index in [4.69, 9.17) is 16.7 Å². The summed E-state index contributed by atoms with van der Waals surface area (Å²) in [4.78, 5) is 10.7. The molecule has 0 radical (unpaired) electrons. The van der Waals surface area contributed by atoms with Gasteiger partial charge in [0, 0.05) is 9.50 Å². The Labute approximate surface area is 95.0 Å². The van der Waals surface area contributed by atoms with Crippen LogP contribution >= 0.6 is 27.5 Å². The predicted octanol–water partition coefficient (Wildman–Crippen LogP) is 3.29. The number of carboxylic acid groups (broad SMARTS) is 1. The monoisotopic (exact) mass is 274 g/mol. The number of halogens is 2. The first-order valence-electron chi connectivity index (χ1n) is 4.26. The lowest BCUT2D eigenvalue weighted by Gasteiger charge is -2.00. The summed E-state index contributed by atoms with van der Waals surface area (Å²) < 4.78 is 0.899. The minimum absolute atomic E-state index is 0.141. The average Bonchev–Trinajstić information content (AvgIpc) is 2.79. The van der Waals surface area contributed by atoms with Crippen molar-refractivity contribution in [3.05, 3.63) is 33.3 Å². The van der Waals surface area contributed by atoms with Crippen LogP contribution < -0.4 is 0 Å². The lowest BCUT2D eigenvalue weighted by Crippen LogP contribution is -1.98. The van der Waals surface area contributed by atoms with E-state index in [0.29, 0.717) is 5.02 Å². The van der Waals surface area contributed by atoms with Crippen LogP contribution in [0.15, 0.2) is 22.7 Å². The largest absolute Gasteiger partial charge is 0.481 e. The van der Waals surface area contributed by atoms with Gasteiger partial charge in [-0.15, -0.1) is 0 Å². The third-order valence-corrected chi connectivity index (χ3v) is 3.10. The highest BCUT2D eigenvalue weighted by Gasteiger charge is 2.44. The zero-order chi connectivity index (χ0) is 10.3. The molecule has 0 spiro atoms. The first-order valence-corrected chi connectivity index (χ1v) is 5.44. The van der Waals surface area contributed by atoms with E-state index < -0.39 is 5.97 Å². The Bertz CT molecular complexity index is 371. The third kappa shape index (κ3) is 1.93. The van der Waals surface area contributed by atoms with Crippen molar-refractivity contribution in [3.63, 3.8) is 0 Å². The fourth-order valence-electron chi connectivity index (χ4n) is 1.63. The van der Waals surface area contributed by atoms with E-state index in [-0.39, 0.29) is 11.8 Å². The second kappa shape index (κ2) is 3.55. The van der Waals surface area contributed by atoms with E-state index in [0.717, 1.165) is 16.5 Å². The summed E-state index contributed by atoms with van der Waals surface area (Å²) in [7, 11) is 0. The molecule has 1 aromatic rings. The van der Waals surface area contributed by atoms with Gasteiger partial charge in [-0.05, 0) is 36.1 Å². The molecule has 74 valence electrons. The Morgan fingerprint density at radius 3 is 2.71 bits per heavy atom. The zero-order valence-electron chi connectivity index (χ0n) is 7.21. The van der Waals surface area contributed by atoms with Gasteiger partial charge in [-0.3, -0.25) is 4.79 Å². The van der Waals surface area contributed by atoms with Crippen molar-refractivity contribution < 1.29 is 9.90 Å². The summed E-state index contributed by atoms with van der Waals surface area (Å²) in [6, 6.07) is 5.56. The SMILES string of the molecule is O=C(O)[C@H]1CC1c1cc(Cl)cc(Br)c1. The van der Waals surface area contributed by atoms with Gasteiger partial charge in [0.15, 0.2) is 0 Å². The van der Waals surface area contributed by atoms with Crippen molar-refractivity contribution in [3.8, 4) is 0 Å². The molecule has 2 nitrogen and oxygen atoms in total. The highest BCUT2D eigenvalue weighted by molar-refractivity contribution is 9.10. The maximum absolute atomic E-state index is 10.7. The van der Waals surface area contributed by atoms with Crippen LogP contribution in [0.25, 0.3) is 0 Å². The summed E-state index contributed by atoms with van der Waals surface area (Å²) in [5.41, 5.74) is 1.01. The number of aliphatic carboxylic acids is 1. The number of hydrogen-bond acceptors (Lipinski definition) is 1. The van der Waals surface area contributed by atoms with E-state index in [1.165, 1.54) is 0 Å². The van der Waals surface area contributed by atoms with Crippen molar-refractivity contribution in [1.29, 1.82) is 0 Å². The van der Waals surface area contributed by atoms with Crippen molar-refractivity contribution >= 4 is 33.5 Å². The van der Waals surface area contributed by atoms with Crippen LogP contribution in [0, 0.1) is 5.92 Å². The molecular formula is C10H8BrClO2. The number of carbonyl (C=O) groups is 1. The van der Waals surface area contributed by atoms with Gasteiger partial charge in [0.1, 0.15) is 0 Å². The maximum Gasteiger partial charge on any atom is 0.307 e. The zero-order valence-corrected chi connectivity index (χ0v) is 9.55. The normalized spacial score (nSPS) is 24.7. The Kier molecular flexibility index (Phi) is 2.54. The Morgan fingerprint density at radius 2 is 2.21 bits per heavy atom. The minimum atomic E-state index is -0.717. The fraction of sp³-hybridized carbons (Fsp3) is 0.300. The molecule has 0 heterocycles. The number of benzene rings is 1. The summed E-state index contributed by atoms with van der Waals surface area (Å²) in [6.45, 7) is 0. The van der Waals surface area contributed by atoms with Crippen LogP contribution in [0.5, 0.6) is 0 Å². The van der Waals surface area contributed by atoms with E-state index in [2.05, 4.69) is 15.9 Å². The topological polar surface area (TPSA) is 37.3 Å². The molecule has 0 aromatic heterocycles. The molecule has 4 heteroatoms. The molecule has 1 aromatic carbocycles. The quantitative estimate of drug-likeness (QED) is 0.899. The Morgan fingerprint density at radius 1 is 1.50 bits per heavy atom. The van der Waals surface area contributed by atoms with Gasteiger partial charge in [-0.1, -0.05) is 27.5 Å². The van der Waals surface area contributed by atoms with Gasteiger partial charge in [0.2, 0.25) is 0 Å². The molecule has 0 aliphatic heterocycles. The van der Waals surface area contributed by atoms with Gasteiger partial charge in [0.05, 0.1) is 5.92 Å². The molecule has 2 rings (SSSR count). The molecule has 1 N–H and O–H groups in total. The van der Waals surface area contributed by atoms with Crippen LogP contribution in [0.1, 0.15) is 17.9 Å². The van der Waals surface area contributed by atoms with E-state index >= 15 is 0 Å². The molecule has 1 unspecified atom stereocenters. The lowest BCUT2D eigenvalue weighted by molar-refractivity contribution is -0.138. The van der Waals surface area contributed by atoms with Crippen molar-refractivity contribution in [1.82, 2.24) is 0 Å². The molecule has 2 atom stereocenters. The number of carboxylic acids is 1. The van der Waals surface area contributed by atoms with Crippen LogP contribution in [-0.4, -0.2) is 11.1 Å². The van der Waals surface area contributed by atoms with Crippen LogP contribution in [-0.2, 0) is 4.79 Å². The van der Waals surface area contributed by atoms with Crippen LogP contribution in [0.4, 0.5) is 0 Å². The maximum atomic E-state index is 10.7. The summed E-state index contributed by atoms with van der Waals surface area (Å²) in [5, 5.41) is 9.42. The van der Waals surface area contributed by atoms with E-state index in [1.807, 2.05) is 12.1 Å². The number of rotatable bonds is 2. The molecule has 0 saturated heterocycles. The molecule has 1 aliphatic rings. The van der Waals surface area contributed by atoms with Gasteiger partial charge in [-0.25, -0.2) is 0 Å². The molecule has 0 bridgehead atoms. The first-order chi connectivity index (χ1) is 6.58. The van der Waals surface area contributed by atoms with Crippen molar-refractivity contribution in [2.75, 3.05) is 0 Å². The molecule has 14 heavy (non-hydrogen) atoms. The molecule has 1 saturated carbocycles. The Balaban J connectivity index is 2.23. The highest BCUT2D eigenvalue weighted by Crippen LogP contribution is 2.48. The second-order valence-corrected chi connectivity index (χ2v) is 4.84. The second-order valence-electron chi connectivity index (χ2n) is 3.49. The lowest BCUT2D eigenvalue weighted by atomic mass is 10.1. The summed E-state index contributed by atoms with van der Waals surface area (Å²) in [6.07, 6.45) is 0.724. The summed E-state index contributed by atoms with van der Waals surface area (Å²) in [5.74, 6) is -0.797. The molecule has 1 fully saturated rings. The smallest absolute Gasteiger partial charge is 0.307 e. The average molecular weight is 276 g/mol. The van der Waals surface area contributed by atoms with Gasteiger partial charge in [-0.2, -0.15) is 0 Å². The third-order valence-electron chi connectivity index (χ3n) is 2.42. The number of hydrogen-bond donors (Lipinski definition) is 1. The van der Waals surface area contributed by atoms with Gasteiger partial charge < -0.3 is 5.11 Å². The Hall–Kier alpha value is -0.540. The summed E-state index contributed by atoms with van der Waals surface area (Å²) >= 11 is 9.21. The van der Waals surface area contributed by atoms with Crippen LogP contribution in [0.3, 0.4) is 0 Å².